The Bertz CT molecular complexity index is 604. The van der Waals surface area contributed by atoms with E-state index in [0.29, 0.717) is 23.9 Å². The second kappa shape index (κ2) is 5.97. The lowest BCUT2D eigenvalue weighted by atomic mass is 9.45. The molecule has 0 amide bonds. The van der Waals surface area contributed by atoms with E-state index >= 15 is 0 Å². The van der Waals surface area contributed by atoms with Crippen LogP contribution in [0.3, 0.4) is 0 Å². The lowest BCUT2D eigenvalue weighted by Gasteiger charge is -2.62. The highest BCUT2D eigenvalue weighted by Gasteiger charge is 2.59. The number of hydrogen-bond acceptors (Lipinski definition) is 3. The Morgan fingerprint density at radius 2 is 2.00 bits per heavy atom. The molecule has 3 heteroatoms. The van der Waals surface area contributed by atoms with E-state index in [2.05, 4.69) is 45.1 Å². The molecule has 0 radical (unpaired) electrons. The topological polar surface area (TPSA) is 35.5 Å². The van der Waals surface area contributed by atoms with Crippen LogP contribution in [0, 0.1) is 35.0 Å². The minimum Gasteiger partial charge on any atom is -0.466 e. The molecule has 0 spiro atoms. The molecule has 4 bridgehead atoms. The zero-order chi connectivity index (χ0) is 17.8. The summed E-state index contributed by atoms with van der Waals surface area (Å²) in [6, 6.07) is 0. The number of fused-ring (bicyclic) bond motifs is 4. The average molecular weight is 344 g/mol. The molecule has 0 heterocycles. The molecule has 138 valence electrons. The van der Waals surface area contributed by atoms with E-state index < -0.39 is 5.60 Å². The number of ether oxygens (including phenoxy) is 2. The van der Waals surface area contributed by atoms with Crippen molar-refractivity contribution in [2.45, 2.75) is 65.1 Å². The third kappa shape index (κ3) is 2.61. The van der Waals surface area contributed by atoms with E-state index in [9.17, 15) is 4.79 Å². The molecular weight excluding hydrogens is 312 g/mol. The molecule has 0 saturated heterocycles. The van der Waals surface area contributed by atoms with Gasteiger partial charge in [-0.25, -0.2) is 0 Å². The van der Waals surface area contributed by atoms with E-state index in [1.165, 1.54) is 6.42 Å². The van der Waals surface area contributed by atoms with Crippen LogP contribution in [0.25, 0.3) is 0 Å². The largest absolute Gasteiger partial charge is 0.466 e. The molecule has 0 aromatic carbocycles. The molecule has 5 aliphatic carbocycles. The van der Waals surface area contributed by atoms with Crippen molar-refractivity contribution in [3.05, 3.63) is 24.3 Å². The van der Waals surface area contributed by atoms with Gasteiger partial charge in [-0.2, -0.15) is 0 Å². The first-order valence-electron chi connectivity index (χ1n) is 10.1. The quantitative estimate of drug-likeness (QED) is 0.703. The second-order valence-electron chi connectivity index (χ2n) is 9.32. The Kier molecular flexibility index (Phi) is 4.14. The van der Waals surface area contributed by atoms with Gasteiger partial charge in [0, 0.05) is 0 Å². The van der Waals surface area contributed by atoms with Crippen molar-refractivity contribution in [1.29, 1.82) is 0 Å². The Labute approximate surface area is 151 Å². The predicted octanol–water partition coefficient (Wildman–Crippen LogP) is 4.53. The van der Waals surface area contributed by atoms with Gasteiger partial charge in [0.05, 0.1) is 18.6 Å². The molecule has 0 unspecified atom stereocenters. The maximum absolute atomic E-state index is 12.6. The summed E-state index contributed by atoms with van der Waals surface area (Å²) in [6.07, 6.45) is 13.1. The van der Waals surface area contributed by atoms with Gasteiger partial charge in [0.1, 0.15) is 5.60 Å². The van der Waals surface area contributed by atoms with Gasteiger partial charge in [-0.15, -0.1) is 0 Å². The van der Waals surface area contributed by atoms with Crippen LogP contribution in [-0.4, -0.2) is 24.3 Å². The Morgan fingerprint density at radius 3 is 2.68 bits per heavy atom. The highest BCUT2D eigenvalue weighted by atomic mass is 16.5. The Hall–Kier alpha value is -1.09. The van der Waals surface area contributed by atoms with Gasteiger partial charge in [0.2, 0.25) is 0 Å². The third-order valence-electron chi connectivity index (χ3n) is 7.81. The van der Waals surface area contributed by atoms with Crippen molar-refractivity contribution < 1.29 is 14.3 Å². The third-order valence-corrected chi connectivity index (χ3v) is 7.81. The van der Waals surface area contributed by atoms with Crippen molar-refractivity contribution in [2.75, 3.05) is 6.61 Å². The summed E-state index contributed by atoms with van der Waals surface area (Å²) in [7, 11) is 0. The second-order valence-corrected chi connectivity index (χ2v) is 9.32. The van der Waals surface area contributed by atoms with Gasteiger partial charge in [-0.3, -0.25) is 4.79 Å². The summed E-state index contributed by atoms with van der Waals surface area (Å²) in [5.74, 6) is 2.23. The molecule has 0 aliphatic heterocycles. The summed E-state index contributed by atoms with van der Waals surface area (Å²) < 4.78 is 12.3. The molecule has 0 N–H and O–H groups in total. The number of rotatable bonds is 4. The summed E-state index contributed by atoms with van der Waals surface area (Å²) in [4.78, 5) is 12.6. The van der Waals surface area contributed by atoms with Crippen LogP contribution >= 0.6 is 0 Å². The molecular formula is C22H32O3. The van der Waals surface area contributed by atoms with Crippen LogP contribution in [0.5, 0.6) is 0 Å². The van der Waals surface area contributed by atoms with Gasteiger partial charge in [0.25, 0.3) is 0 Å². The van der Waals surface area contributed by atoms with E-state index in [0.717, 1.165) is 31.1 Å². The minimum absolute atomic E-state index is 0.0844. The number of hydrogen-bond donors (Lipinski definition) is 0. The SMILES string of the molecule is CCOC(=O)[C@H]1C[C@@H]2C=CC=C[C@@]1(O[C@H]1C[C@H]3C[C@@H]([C@@H]1C)C3(C)C)C2. The summed E-state index contributed by atoms with van der Waals surface area (Å²) in [5.41, 5.74) is -0.0240. The summed E-state index contributed by atoms with van der Waals surface area (Å²) in [5, 5.41) is 0. The van der Waals surface area contributed by atoms with Gasteiger partial charge >= 0.3 is 5.97 Å². The van der Waals surface area contributed by atoms with Crippen molar-refractivity contribution >= 4 is 5.97 Å². The van der Waals surface area contributed by atoms with Crippen LogP contribution in [0.15, 0.2) is 24.3 Å². The normalized spacial score (nSPS) is 46.4. The summed E-state index contributed by atoms with van der Waals surface area (Å²) >= 11 is 0. The zero-order valence-corrected chi connectivity index (χ0v) is 16.0. The number of carbonyl (C=O) groups is 1. The van der Waals surface area contributed by atoms with Crippen LogP contribution in [0.1, 0.15) is 53.4 Å². The van der Waals surface area contributed by atoms with Crippen LogP contribution < -0.4 is 0 Å². The number of allylic oxidation sites excluding steroid dienone is 3. The number of esters is 1. The standard InChI is InChI=1S/C22H32O3/c1-5-24-20(23)18-10-15-8-6-7-9-22(18,13-15)25-19-12-16-11-17(14(19)2)21(16,3)4/h6-9,14-19H,5,10-13H2,1-4H3/t14-,15-,16+,17-,18+,19-,22+/m0/s1. The highest BCUT2D eigenvalue weighted by molar-refractivity contribution is 5.75. The monoisotopic (exact) mass is 344 g/mol. The van der Waals surface area contributed by atoms with E-state index in [-0.39, 0.29) is 18.0 Å². The Morgan fingerprint density at radius 1 is 1.20 bits per heavy atom. The van der Waals surface area contributed by atoms with Crippen molar-refractivity contribution in [1.82, 2.24) is 0 Å². The molecule has 3 nitrogen and oxygen atoms in total. The fourth-order valence-corrected chi connectivity index (χ4v) is 6.16. The first-order chi connectivity index (χ1) is 11.9. The first-order valence-corrected chi connectivity index (χ1v) is 10.1. The summed E-state index contributed by atoms with van der Waals surface area (Å²) in [6.45, 7) is 9.51. The fourth-order valence-electron chi connectivity index (χ4n) is 6.16. The van der Waals surface area contributed by atoms with E-state index in [1.54, 1.807) is 0 Å². The fraction of sp³-hybridized carbons (Fsp3) is 0.773. The van der Waals surface area contributed by atoms with Gasteiger partial charge in [-0.1, -0.05) is 45.1 Å². The number of carbonyl (C=O) groups excluding carboxylic acids is 1. The molecule has 5 aliphatic rings. The van der Waals surface area contributed by atoms with Crippen molar-refractivity contribution in [3.8, 4) is 0 Å². The van der Waals surface area contributed by atoms with Gasteiger partial charge < -0.3 is 9.47 Å². The van der Waals surface area contributed by atoms with Crippen molar-refractivity contribution in [2.24, 2.45) is 35.0 Å². The molecule has 4 saturated carbocycles. The molecule has 0 aromatic rings. The predicted molar refractivity (Wildman–Crippen MR) is 97.9 cm³/mol. The Balaban J connectivity index is 1.57. The lowest BCUT2D eigenvalue weighted by Crippen LogP contribution is -2.59. The van der Waals surface area contributed by atoms with E-state index in [1.807, 2.05) is 6.92 Å². The highest BCUT2D eigenvalue weighted by Crippen LogP contribution is 2.62. The van der Waals surface area contributed by atoms with Crippen LogP contribution in [0.2, 0.25) is 0 Å². The van der Waals surface area contributed by atoms with Gasteiger partial charge in [0.15, 0.2) is 0 Å². The van der Waals surface area contributed by atoms with Crippen molar-refractivity contribution in [3.63, 3.8) is 0 Å². The molecule has 25 heavy (non-hydrogen) atoms. The maximum Gasteiger partial charge on any atom is 0.312 e. The maximum atomic E-state index is 12.6. The lowest BCUT2D eigenvalue weighted by molar-refractivity contribution is -0.210. The molecule has 0 aromatic heterocycles. The zero-order valence-electron chi connectivity index (χ0n) is 16.0. The smallest absolute Gasteiger partial charge is 0.312 e. The minimum atomic E-state index is -0.479. The molecule has 5 rings (SSSR count). The van der Waals surface area contributed by atoms with Crippen LogP contribution in [-0.2, 0) is 14.3 Å². The first kappa shape index (κ1) is 17.3. The average Bonchev–Trinajstić information content (AvgIpc) is 2.77. The van der Waals surface area contributed by atoms with Crippen LogP contribution in [0.4, 0.5) is 0 Å². The molecule has 4 fully saturated rings. The van der Waals surface area contributed by atoms with E-state index in [4.69, 9.17) is 9.47 Å². The molecule has 7 atom stereocenters. The van der Waals surface area contributed by atoms with Gasteiger partial charge in [-0.05, 0) is 61.7 Å².